The monoisotopic (exact) mass is 411 g/mol. The molecule has 4 rings (SSSR count). The van der Waals surface area contributed by atoms with Crippen molar-refractivity contribution in [2.24, 2.45) is 29.4 Å². The van der Waals surface area contributed by atoms with E-state index in [1.54, 1.807) is 0 Å². The molecule has 1 saturated carbocycles. The molecule has 4 aliphatic carbocycles. The first kappa shape index (κ1) is 21.8. The molecule has 0 amide bonds. The second-order valence-corrected chi connectivity index (χ2v) is 9.85. The van der Waals surface area contributed by atoms with E-state index in [1.807, 2.05) is 0 Å². The number of rotatable bonds is 3. The molecule has 0 radical (unpaired) electrons. The van der Waals surface area contributed by atoms with E-state index >= 15 is 0 Å². The molecule has 2 unspecified atom stereocenters. The molecule has 0 bridgehead atoms. The SMILES string of the molecule is C=C1C/C(N)=C(/CC)C=C=C2C(C)=CCC=C(C3=CC(C4CCC(C)CC4)C=C=C3)C12. The van der Waals surface area contributed by atoms with Crippen LogP contribution in [0.1, 0.15) is 65.7 Å². The van der Waals surface area contributed by atoms with E-state index in [1.165, 1.54) is 59.1 Å². The molecule has 1 heteroatoms. The van der Waals surface area contributed by atoms with Gasteiger partial charge in [0.15, 0.2) is 0 Å². The van der Waals surface area contributed by atoms with E-state index in [9.17, 15) is 0 Å². The summed E-state index contributed by atoms with van der Waals surface area (Å²) in [6, 6.07) is 0. The molecular weight excluding hydrogens is 374 g/mol. The van der Waals surface area contributed by atoms with Crippen molar-refractivity contribution >= 4 is 0 Å². The molecule has 4 aliphatic rings. The number of hydrogen-bond donors (Lipinski definition) is 1. The Morgan fingerprint density at radius 3 is 2.65 bits per heavy atom. The fourth-order valence-corrected chi connectivity index (χ4v) is 5.60. The minimum absolute atomic E-state index is 0.140. The highest BCUT2D eigenvalue weighted by atomic mass is 14.6. The van der Waals surface area contributed by atoms with Crippen molar-refractivity contribution in [3.8, 4) is 0 Å². The zero-order chi connectivity index (χ0) is 22.0. The Kier molecular flexibility index (Phi) is 6.57. The van der Waals surface area contributed by atoms with Gasteiger partial charge in [-0.25, -0.2) is 0 Å². The number of fused-ring (bicyclic) bond motifs is 1. The summed E-state index contributed by atoms with van der Waals surface area (Å²) in [6.45, 7) is 11.3. The van der Waals surface area contributed by atoms with Crippen molar-refractivity contribution in [3.05, 3.63) is 93.6 Å². The minimum Gasteiger partial charge on any atom is -0.402 e. The van der Waals surface area contributed by atoms with Crippen LogP contribution in [0.25, 0.3) is 0 Å². The summed E-state index contributed by atoms with van der Waals surface area (Å²) in [5, 5.41) is 0. The van der Waals surface area contributed by atoms with Gasteiger partial charge < -0.3 is 5.73 Å². The molecule has 1 nitrogen and oxygen atoms in total. The van der Waals surface area contributed by atoms with Gasteiger partial charge in [-0.05, 0) is 85.0 Å². The van der Waals surface area contributed by atoms with Gasteiger partial charge in [0.25, 0.3) is 0 Å². The third-order valence-electron chi connectivity index (χ3n) is 7.65. The predicted octanol–water partition coefficient (Wildman–Crippen LogP) is 7.64. The van der Waals surface area contributed by atoms with Crippen LogP contribution in [-0.4, -0.2) is 0 Å². The van der Waals surface area contributed by atoms with Crippen molar-refractivity contribution in [2.45, 2.75) is 65.7 Å². The number of allylic oxidation sites excluding steroid dienone is 10. The van der Waals surface area contributed by atoms with Gasteiger partial charge in [-0.2, -0.15) is 0 Å². The van der Waals surface area contributed by atoms with E-state index in [4.69, 9.17) is 5.73 Å². The van der Waals surface area contributed by atoms with Crippen LogP contribution in [0.4, 0.5) is 0 Å². The topological polar surface area (TPSA) is 26.0 Å². The quantitative estimate of drug-likeness (QED) is 0.375. The molecular formula is C30H37N. The molecule has 162 valence electrons. The summed E-state index contributed by atoms with van der Waals surface area (Å²) >= 11 is 0. The van der Waals surface area contributed by atoms with Gasteiger partial charge in [0.1, 0.15) is 0 Å². The lowest BCUT2D eigenvalue weighted by Gasteiger charge is -2.32. The molecule has 0 aromatic carbocycles. The van der Waals surface area contributed by atoms with Crippen LogP contribution in [0, 0.1) is 23.7 Å². The standard InChI is InChI=1S/C30H37N/c1-5-23-16-17-27-21(3)8-6-11-28(30(27)22(4)18-29(23)31)26-10-7-9-25(19-26)24-14-12-20(2)13-15-24/h8-11,16,19-20,24-25,30H,4-6,12-15,18,31H2,1-3H3/b29-23+. The normalized spacial score (nSPS) is 33.5. The first-order chi connectivity index (χ1) is 15.0. The van der Waals surface area contributed by atoms with Crippen LogP contribution in [0.3, 0.4) is 0 Å². The van der Waals surface area contributed by atoms with Gasteiger partial charge in [0.05, 0.1) is 0 Å². The van der Waals surface area contributed by atoms with Crippen molar-refractivity contribution in [1.29, 1.82) is 0 Å². The molecule has 0 heterocycles. The third-order valence-corrected chi connectivity index (χ3v) is 7.65. The Balaban J connectivity index is 1.72. The predicted molar refractivity (Wildman–Crippen MR) is 132 cm³/mol. The second-order valence-electron chi connectivity index (χ2n) is 9.85. The van der Waals surface area contributed by atoms with Gasteiger partial charge in [0, 0.05) is 29.5 Å². The summed E-state index contributed by atoms with van der Waals surface area (Å²) in [5.41, 5.74) is 22.1. The summed E-state index contributed by atoms with van der Waals surface area (Å²) in [5.74, 6) is 2.26. The fourth-order valence-electron chi connectivity index (χ4n) is 5.60. The first-order valence-corrected chi connectivity index (χ1v) is 12.1. The molecule has 0 aliphatic heterocycles. The number of nitrogens with two attached hydrogens (primary N) is 1. The highest BCUT2D eigenvalue weighted by Gasteiger charge is 2.30. The second kappa shape index (κ2) is 9.35. The Morgan fingerprint density at radius 2 is 1.90 bits per heavy atom. The van der Waals surface area contributed by atoms with E-state index in [-0.39, 0.29) is 5.92 Å². The van der Waals surface area contributed by atoms with E-state index in [0.717, 1.165) is 36.8 Å². The lowest BCUT2D eigenvalue weighted by atomic mass is 9.73. The van der Waals surface area contributed by atoms with Gasteiger partial charge in [0.2, 0.25) is 0 Å². The maximum absolute atomic E-state index is 6.46. The van der Waals surface area contributed by atoms with Crippen molar-refractivity contribution in [2.75, 3.05) is 0 Å². The van der Waals surface area contributed by atoms with Crippen molar-refractivity contribution in [1.82, 2.24) is 0 Å². The molecule has 2 atom stereocenters. The summed E-state index contributed by atoms with van der Waals surface area (Å²) in [6.07, 6.45) is 21.8. The van der Waals surface area contributed by atoms with Crippen molar-refractivity contribution in [3.63, 3.8) is 0 Å². The van der Waals surface area contributed by atoms with Crippen molar-refractivity contribution < 1.29 is 0 Å². The largest absolute Gasteiger partial charge is 0.402 e. The fraction of sp³-hybridized carbons (Fsp3) is 0.467. The van der Waals surface area contributed by atoms with Crippen LogP contribution in [-0.2, 0) is 0 Å². The average Bonchev–Trinajstić information content (AvgIpc) is 2.92. The maximum Gasteiger partial charge on any atom is 0.0379 e. The Labute approximate surface area is 188 Å². The zero-order valence-corrected chi connectivity index (χ0v) is 19.5. The average molecular weight is 412 g/mol. The molecule has 2 N–H and O–H groups in total. The van der Waals surface area contributed by atoms with Crippen LogP contribution in [0.2, 0.25) is 0 Å². The molecule has 0 spiro atoms. The Bertz CT molecular complexity index is 1000. The van der Waals surface area contributed by atoms with Gasteiger partial charge in [-0.15, -0.1) is 11.5 Å². The Morgan fingerprint density at radius 1 is 1.13 bits per heavy atom. The summed E-state index contributed by atoms with van der Waals surface area (Å²) in [7, 11) is 0. The third kappa shape index (κ3) is 4.59. The van der Waals surface area contributed by atoms with Gasteiger partial charge in [-0.1, -0.05) is 57.1 Å². The summed E-state index contributed by atoms with van der Waals surface area (Å²) in [4.78, 5) is 0. The molecule has 0 saturated heterocycles. The smallest absolute Gasteiger partial charge is 0.0379 e. The first-order valence-electron chi connectivity index (χ1n) is 12.1. The van der Waals surface area contributed by atoms with Crippen LogP contribution < -0.4 is 5.73 Å². The molecule has 31 heavy (non-hydrogen) atoms. The number of hydrogen-bond acceptors (Lipinski definition) is 1. The van der Waals surface area contributed by atoms with E-state index < -0.39 is 0 Å². The molecule has 1 fully saturated rings. The Hall–Kier alpha value is -2.46. The van der Waals surface area contributed by atoms with Crippen LogP contribution in [0.15, 0.2) is 93.6 Å². The van der Waals surface area contributed by atoms with E-state index in [0.29, 0.717) is 5.92 Å². The zero-order valence-electron chi connectivity index (χ0n) is 19.5. The lowest BCUT2D eigenvalue weighted by molar-refractivity contribution is 0.261. The highest BCUT2D eigenvalue weighted by molar-refractivity contribution is 5.56. The molecule has 0 aromatic heterocycles. The van der Waals surface area contributed by atoms with Gasteiger partial charge >= 0.3 is 0 Å². The molecule has 0 aromatic rings. The van der Waals surface area contributed by atoms with Crippen LogP contribution in [0.5, 0.6) is 0 Å². The minimum atomic E-state index is 0.140. The maximum atomic E-state index is 6.46. The van der Waals surface area contributed by atoms with Gasteiger partial charge in [-0.3, -0.25) is 0 Å². The summed E-state index contributed by atoms with van der Waals surface area (Å²) < 4.78 is 0. The van der Waals surface area contributed by atoms with E-state index in [2.05, 4.69) is 75.3 Å². The highest BCUT2D eigenvalue weighted by Crippen LogP contribution is 2.43. The lowest BCUT2D eigenvalue weighted by Crippen LogP contribution is -2.20. The van der Waals surface area contributed by atoms with Crippen LogP contribution >= 0.6 is 0 Å².